The van der Waals surface area contributed by atoms with Crippen molar-refractivity contribution in [1.29, 1.82) is 0 Å². The molecule has 0 bridgehead atoms. The molecule has 0 amide bonds. The molecule has 1 unspecified atom stereocenters. The van der Waals surface area contributed by atoms with Crippen LogP contribution < -0.4 is 115 Å². The number of hydrogen-bond donors (Lipinski definition) is 1. The molecule has 0 spiro atoms. The first-order valence-corrected chi connectivity index (χ1v) is 9.46. The quantitative estimate of drug-likeness (QED) is 0.164. The molecule has 0 saturated heterocycles. The summed E-state index contributed by atoms with van der Waals surface area (Å²) < 4.78 is 28.5. The van der Waals surface area contributed by atoms with Crippen molar-refractivity contribution < 1.29 is 122 Å². The van der Waals surface area contributed by atoms with Crippen LogP contribution in [0, 0.1) is 0 Å². The Hall–Kier alpha value is 2.52. The van der Waals surface area contributed by atoms with Crippen molar-refractivity contribution >= 4 is 38.4 Å². The van der Waals surface area contributed by atoms with Gasteiger partial charge in [-0.3, -0.25) is 14.3 Å². The summed E-state index contributed by atoms with van der Waals surface area (Å²) in [5, 5.41) is 0. The number of hydrogen-bond acceptors (Lipinski definition) is 9. The first kappa shape index (κ1) is 33.2. The van der Waals surface area contributed by atoms with Crippen molar-refractivity contribution in [2.75, 3.05) is 13.2 Å². The van der Waals surface area contributed by atoms with Crippen LogP contribution in [0.25, 0.3) is 0 Å². The molecule has 1 N–H and O–H groups in total. The molecule has 1 aromatic rings. The van der Waals surface area contributed by atoms with E-state index in [1.165, 1.54) is 0 Å². The number of rotatable bonds is 8. The van der Waals surface area contributed by atoms with E-state index in [0.29, 0.717) is 0 Å². The maximum absolute atomic E-state index is 11.4. The summed E-state index contributed by atoms with van der Waals surface area (Å²) >= 11 is 10.0. The second-order valence-electron chi connectivity index (χ2n) is 3.95. The van der Waals surface area contributed by atoms with Crippen molar-refractivity contribution in [3.05, 3.63) is 33.1 Å². The molecule has 11 nitrogen and oxygen atoms in total. The molecule has 0 aliphatic heterocycles. The third kappa shape index (κ3) is 9.55. The van der Waals surface area contributed by atoms with Crippen molar-refractivity contribution in [3.63, 3.8) is 0 Å². The number of ether oxygens (including phenoxy) is 1. The van der Waals surface area contributed by atoms with E-state index < -0.39 is 43.5 Å². The smallest absolute Gasteiger partial charge is 0.808 e. The molecule has 0 radical (unpaired) electrons. The summed E-state index contributed by atoms with van der Waals surface area (Å²) in [6.45, 7) is -1.47. The topological polar surface area (TPSA) is 177 Å². The molecule has 0 saturated carbocycles. The van der Waals surface area contributed by atoms with Gasteiger partial charge in [0, 0.05) is 12.3 Å². The van der Waals surface area contributed by atoms with E-state index in [2.05, 4.69) is 4.52 Å². The molecule has 0 aliphatic carbocycles. The largest absolute Gasteiger partial charge is 1.00 e. The number of aromatic nitrogens is 2. The summed E-state index contributed by atoms with van der Waals surface area (Å²) in [5.74, 6) is 0. The number of alkyl halides is 2. The fourth-order valence-electron chi connectivity index (χ4n) is 1.15. The molecular weight excluding hydrogens is 470 g/mol. The predicted octanol–water partition coefficient (Wildman–Crippen LogP) is -10.9. The van der Waals surface area contributed by atoms with Gasteiger partial charge >= 0.3 is 94.4 Å². The van der Waals surface area contributed by atoms with Gasteiger partial charge in [0.15, 0.2) is 7.60 Å². The van der Waals surface area contributed by atoms with Gasteiger partial charge in [-0.25, -0.2) is 4.79 Å². The summed E-state index contributed by atoms with van der Waals surface area (Å²) in [5.41, 5.74) is -1.37. The van der Waals surface area contributed by atoms with E-state index in [0.717, 1.165) is 16.8 Å². The van der Waals surface area contributed by atoms with E-state index in [9.17, 15) is 33.4 Å². The minimum absolute atomic E-state index is 0. The minimum atomic E-state index is -5.89. The van der Waals surface area contributed by atoms with Gasteiger partial charge in [-0.05, 0) is 7.60 Å². The second-order valence-corrected chi connectivity index (χ2v) is 10.3. The molecule has 0 aromatic carbocycles. The molecule has 18 heteroatoms. The Labute approximate surface area is 223 Å². The van der Waals surface area contributed by atoms with Crippen molar-refractivity contribution in [1.82, 2.24) is 9.55 Å². The zero-order valence-electron chi connectivity index (χ0n) is 14.0. The molecule has 26 heavy (non-hydrogen) atoms. The summed E-state index contributed by atoms with van der Waals surface area (Å²) in [6.07, 6.45) is 1.13. The van der Waals surface area contributed by atoms with Crippen LogP contribution in [0.5, 0.6) is 0 Å². The standard InChI is InChI=1S/C8H12Cl2N2O9P2.3Na/c9-8(10,22(15,16)17)23(18,19)21-4-3-20-5-12-2-1-6(13)11-7(12)14;;;/h1-2H,3-5H2,(H,18,19)(H,11,13,14)(H2,15,16,17);;;/q;3*+1/p-3. The third-order valence-corrected chi connectivity index (χ3v) is 8.07. The Kier molecular flexibility index (Phi) is 17.5. The molecule has 0 aliphatic rings. The van der Waals surface area contributed by atoms with Gasteiger partial charge in [-0.1, -0.05) is 23.2 Å². The van der Waals surface area contributed by atoms with Gasteiger partial charge in [0.1, 0.15) is 6.73 Å². The van der Waals surface area contributed by atoms with Crippen molar-refractivity contribution in [2.45, 2.75) is 10.5 Å². The fourth-order valence-corrected chi connectivity index (χ4v) is 3.29. The first-order valence-electron chi connectivity index (χ1n) is 5.61. The molecule has 0 fully saturated rings. The van der Waals surface area contributed by atoms with Crippen LogP contribution in [0.4, 0.5) is 0 Å². The molecular formula is C8H9Cl2N2Na3O9P2. The van der Waals surface area contributed by atoms with Crippen LogP contribution in [-0.2, 0) is 25.1 Å². The molecule has 132 valence electrons. The van der Waals surface area contributed by atoms with E-state index in [1.807, 2.05) is 4.98 Å². The maximum atomic E-state index is 11.4. The zero-order valence-corrected chi connectivity index (χ0v) is 23.3. The van der Waals surface area contributed by atoms with Gasteiger partial charge in [0.2, 0.25) is 3.82 Å². The molecule has 1 aromatic heterocycles. The first-order chi connectivity index (χ1) is 10.4. The Balaban J connectivity index is -0.00000176. The Morgan fingerprint density at radius 3 is 2.12 bits per heavy atom. The van der Waals surface area contributed by atoms with Crippen LogP contribution in [0.15, 0.2) is 21.9 Å². The number of halogens is 2. The molecule has 1 rings (SSSR count). The molecule has 1 atom stereocenters. The third-order valence-electron chi connectivity index (χ3n) is 2.28. The Morgan fingerprint density at radius 2 is 1.65 bits per heavy atom. The van der Waals surface area contributed by atoms with Gasteiger partial charge in [0.25, 0.3) is 5.56 Å². The van der Waals surface area contributed by atoms with E-state index >= 15 is 0 Å². The Morgan fingerprint density at radius 1 is 1.12 bits per heavy atom. The van der Waals surface area contributed by atoms with Crippen LogP contribution in [-0.4, -0.2) is 26.6 Å². The monoisotopic (exact) mass is 478 g/mol. The van der Waals surface area contributed by atoms with Gasteiger partial charge in [-0.2, -0.15) is 0 Å². The fraction of sp³-hybridized carbons (Fsp3) is 0.500. The second kappa shape index (κ2) is 13.7. The van der Waals surface area contributed by atoms with E-state index in [4.69, 9.17) is 27.9 Å². The number of nitrogens with zero attached hydrogens (tertiary/aromatic N) is 1. The number of H-pyrrole nitrogens is 1. The number of aromatic amines is 1. The van der Waals surface area contributed by atoms with Crippen LogP contribution in [0.2, 0.25) is 0 Å². The normalized spacial score (nSPS) is 13.6. The predicted molar refractivity (Wildman–Crippen MR) is 72.9 cm³/mol. The average molecular weight is 479 g/mol. The summed E-state index contributed by atoms with van der Waals surface area (Å²) in [4.78, 5) is 56.9. The molecule has 1 heterocycles. The summed E-state index contributed by atoms with van der Waals surface area (Å²) in [6, 6.07) is 1.06. The van der Waals surface area contributed by atoms with Crippen molar-refractivity contribution in [2.24, 2.45) is 0 Å². The Bertz CT molecular complexity index is 768. The van der Waals surface area contributed by atoms with E-state index in [1.54, 1.807) is 0 Å². The zero-order chi connectivity index (χ0) is 17.9. The van der Waals surface area contributed by atoms with Gasteiger partial charge < -0.3 is 33.1 Å². The van der Waals surface area contributed by atoms with Gasteiger partial charge in [-0.15, -0.1) is 0 Å². The summed E-state index contributed by atoms with van der Waals surface area (Å²) in [7, 11) is -11.3. The SMILES string of the molecule is O=c1ccn(COCCOP(=O)([O-])C(Cl)(Cl)P(=O)([O-])[O-])c(=O)[nH]1.[Na+].[Na+].[Na+]. The minimum Gasteiger partial charge on any atom is -0.808 e. The van der Waals surface area contributed by atoms with Crippen LogP contribution in [0.3, 0.4) is 0 Å². The van der Waals surface area contributed by atoms with E-state index in [-0.39, 0.29) is 95.4 Å². The average Bonchev–Trinajstić information content (AvgIpc) is 2.39. The van der Waals surface area contributed by atoms with Crippen LogP contribution in [0.1, 0.15) is 0 Å². The number of nitrogens with one attached hydrogen (secondary N) is 1. The van der Waals surface area contributed by atoms with Crippen molar-refractivity contribution in [3.8, 4) is 0 Å². The maximum Gasteiger partial charge on any atom is 1.00 e. The van der Waals surface area contributed by atoms with Gasteiger partial charge in [0.05, 0.1) is 13.2 Å². The van der Waals surface area contributed by atoms with Crippen LogP contribution >= 0.6 is 38.4 Å².